The summed E-state index contributed by atoms with van der Waals surface area (Å²) >= 11 is 1.71. The Labute approximate surface area is 817 Å². The second-order valence-corrected chi connectivity index (χ2v) is 28.7. The largest absolute Gasteiger partial charge is 0.512 e. The first-order valence-corrected chi connectivity index (χ1v) is 40.2. The first-order chi connectivity index (χ1) is 59.7. The van der Waals surface area contributed by atoms with Gasteiger partial charge in [-0.05, 0) is 147 Å². The standard InChI is InChI=1S/C20H13N2.C19H12N.C17H12N.C15H10N.C13H8NS.C8H10O3.3C5H8O2.5Ir/c1-3-9-15(10-4-1)19-20(16-11-5-2-6-12-16)22-18-14-8-7-13-17(18)21-19;1-2-8-14(9-3-1)19-17-12-5-4-10-15(17)16-11-6-7-13-18(16)20-19;1-2-7-14(8-3-1)15-9-6-10-16(13-15)17-11-4-5-12-18-17;1-2-7-13(8-3-1)15-14-9-5-4-6-12(14)10-11-16-15;1-2-6-10(7-3-1)13-14-11-8-4-5-9-12(11)15-13;1-5(9)8-6(10)3-2-4-7(8)11;3*1-4(6)3-5(2)7;;;;;/h1-11,13-14H;1-8,10-13H;1-9,11-13H;1-7,9-11H;1-6,8-9H;10H,2-4H2,1H3;3*3,6H,1-2H3;;;;;/q5*-1;;;;;;;;;. The number of fused-ring (bicyclic) bond motifs is 6. The average Bonchev–Trinajstić information content (AvgIpc) is 0.926. The van der Waals surface area contributed by atoms with E-state index in [0.717, 1.165) is 88.9 Å². The van der Waals surface area contributed by atoms with Crippen LogP contribution in [0.1, 0.15) is 67.7 Å². The topological polar surface area (TPSA) is 244 Å². The molecule has 0 spiro atoms. The van der Waals surface area contributed by atoms with E-state index in [-0.39, 0.29) is 158 Å². The summed E-state index contributed by atoms with van der Waals surface area (Å²) in [6, 6.07) is 124. The summed E-state index contributed by atoms with van der Waals surface area (Å²) in [5.41, 5.74) is 17.2. The van der Waals surface area contributed by atoms with Gasteiger partial charge < -0.3 is 30.4 Å². The van der Waals surface area contributed by atoms with Crippen molar-refractivity contribution in [3.05, 3.63) is 411 Å². The number of carbonyl (C=O) groups excluding carboxylic acids is 5. The number of nitrogens with zero attached hydrogens (tertiary/aromatic N) is 6. The molecule has 1 aliphatic carbocycles. The van der Waals surface area contributed by atoms with Crippen LogP contribution in [0.25, 0.3) is 132 Å². The first kappa shape index (κ1) is 106. The van der Waals surface area contributed by atoms with Crippen molar-refractivity contribution in [2.24, 2.45) is 0 Å². The van der Waals surface area contributed by atoms with Gasteiger partial charge in [-0.15, -0.1) is 179 Å². The number of aliphatic hydroxyl groups is 4. The molecule has 5 aromatic heterocycles. The molecule has 0 atom stereocenters. The van der Waals surface area contributed by atoms with Crippen molar-refractivity contribution >= 4 is 94.0 Å². The molecule has 657 valence electrons. The van der Waals surface area contributed by atoms with Gasteiger partial charge in [-0.2, -0.15) is 11.3 Å². The quantitative estimate of drug-likeness (QED) is 0.0309. The number of ketones is 5. The van der Waals surface area contributed by atoms with Crippen molar-refractivity contribution in [2.75, 3.05) is 0 Å². The molecule has 1 aliphatic rings. The van der Waals surface area contributed by atoms with Gasteiger partial charge in [-0.1, -0.05) is 164 Å². The van der Waals surface area contributed by atoms with E-state index < -0.39 is 0 Å². The molecular weight excluding hydrogens is 2510 g/mol. The number of allylic oxidation sites excluding steroid dienone is 8. The molecule has 17 aromatic rings. The fraction of sp³-hybridized carbons (Fsp3) is 0.0935. The Hall–Kier alpha value is -12.1. The smallest absolute Gasteiger partial charge is 0.169 e. The normalized spacial score (nSPS) is 11.1. The summed E-state index contributed by atoms with van der Waals surface area (Å²) in [6.07, 6.45) is 8.65. The molecule has 0 saturated carbocycles. The van der Waals surface area contributed by atoms with E-state index in [1.165, 1.54) is 109 Å². The fourth-order valence-electron chi connectivity index (χ4n) is 12.6. The van der Waals surface area contributed by atoms with Crippen LogP contribution in [-0.2, 0) is 124 Å². The third-order valence-electron chi connectivity index (χ3n) is 17.8. The van der Waals surface area contributed by atoms with Crippen LogP contribution in [-0.4, -0.2) is 79.2 Å². The Morgan fingerprint density at radius 2 is 0.773 bits per heavy atom. The van der Waals surface area contributed by atoms with Gasteiger partial charge in [0, 0.05) is 165 Å². The van der Waals surface area contributed by atoms with Gasteiger partial charge in [0.2, 0.25) is 0 Å². The van der Waals surface area contributed by atoms with Crippen molar-refractivity contribution in [3.63, 3.8) is 0 Å². The zero-order chi connectivity index (χ0) is 87.2. The van der Waals surface area contributed by atoms with Crippen LogP contribution in [0, 0.1) is 30.3 Å². The second-order valence-electron chi connectivity index (χ2n) is 27.7. The summed E-state index contributed by atoms with van der Waals surface area (Å²) < 4.78 is 1.23. The number of hydrogen-bond acceptors (Lipinski definition) is 16. The van der Waals surface area contributed by atoms with Crippen LogP contribution in [0.15, 0.2) is 381 Å². The maximum Gasteiger partial charge on any atom is 0.169 e. The molecule has 0 fully saturated rings. The molecule has 21 heteroatoms. The minimum absolute atomic E-state index is 0. The van der Waals surface area contributed by atoms with E-state index >= 15 is 0 Å². The van der Waals surface area contributed by atoms with Crippen LogP contribution in [0.5, 0.6) is 0 Å². The van der Waals surface area contributed by atoms with Gasteiger partial charge in [0.25, 0.3) is 0 Å². The molecule has 12 aromatic carbocycles. The van der Waals surface area contributed by atoms with Crippen molar-refractivity contribution < 1.29 is 145 Å². The van der Waals surface area contributed by atoms with Crippen LogP contribution in [0.4, 0.5) is 0 Å². The summed E-state index contributed by atoms with van der Waals surface area (Å²) in [4.78, 5) is 79.7. The third-order valence-corrected chi connectivity index (χ3v) is 18.9. The Bertz CT molecular complexity index is 6290. The molecule has 5 heterocycles. The number of rotatable bonds is 11. The molecule has 0 amide bonds. The fourth-order valence-corrected chi connectivity index (χ4v) is 13.6. The van der Waals surface area contributed by atoms with Gasteiger partial charge in [-0.3, -0.25) is 43.9 Å². The summed E-state index contributed by atoms with van der Waals surface area (Å²) in [5, 5.41) is 41.3. The number of benzene rings is 12. The van der Waals surface area contributed by atoms with E-state index in [4.69, 9.17) is 35.4 Å². The monoisotopic (exact) mass is 2600 g/mol. The molecule has 15 nitrogen and oxygen atoms in total. The molecular formula is C107H89Ir5N6O9S-5. The predicted molar refractivity (Wildman–Crippen MR) is 497 cm³/mol. The zero-order valence-corrected chi connectivity index (χ0v) is 83.5. The average molecular weight is 2600 g/mol. The van der Waals surface area contributed by atoms with E-state index in [9.17, 15) is 24.0 Å². The van der Waals surface area contributed by atoms with Crippen LogP contribution in [0.3, 0.4) is 0 Å². The zero-order valence-electron chi connectivity index (χ0n) is 70.7. The Morgan fingerprint density at radius 3 is 1.26 bits per heavy atom. The number of para-hydroxylation sites is 4. The summed E-state index contributed by atoms with van der Waals surface area (Å²) in [7, 11) is 0. The number of carbonyl (C=O) groups is 5. The second kappa shape index (κ2) is 56.1. The van der Waals surface area contributed by atoms with Crippen molar-refractivity contribution in [3.8, 4) is 78.0 Å². The van der Waals surface area contributed by atoms with Crippen LogP contribution >= 0.6 is 11.3 Å². The number of Topliss-reactive ketones (excluding diaryl/α,β-unsaturated/α-hetero) is 2. The molecule has 0 saturated heterocycles. The minimum atomic E-state index is -0.327. The molecule has 4 N–H and O–H groups in total. The summed E-state index contributed by atoms with van der Waals surface area (Å²) in [6.45, 7) is 9.85. The molecule has 18 rings (SSSR count). The molecule has 0 aliphatic heterocycles. The Kier molecular flexibility index (Phi) is 46.7. The van der Waals surface area contributed by atoms with Gasteiger partial charge in [0.15, 0.2) is 28.9 Å². The Balaban J connectivity index is 0.000000261. The summed E-state index contributed by atoms with van der Waals surface area (Å²) in [5.74, 6) is -0.769. The first-order valence-electron chi connectivity index (χ1n) is 39.4. The van der Waals surface area contributed by atoms with Crippen molar-refractivity contribution in [1.82, 2.24) is 29.9 Å². The van der Waals surface area contributed by atoms with E-state index in [0.29, 0.717) is 19.3 Å². The SMILES string of the molecule is CC(=O)C1=C(O)CCCC1=O.CC(=O)C=C(C)O.CC(=O)C=C(C)O.CC(=O)C=C(C)O.[Ir].[Ir].[Ir].[Ir].[Ir].[c-]1ccc(-c2ccccc2)cc1-c1ccccn1.[c-]1ccccc1-c1nc2ccccc2c2ccccc12.[c-]1ccccc1-c1nc2ccccc2nc1-c1ccccc1.[c-]1ccccc1-c1nc2ccccc2s1.[c-]1ccccc1-c1nccc2ccccc12. The van der Waals surface area contributed by atoms with Gasteiger partial charge in [0.1, 0.15) is 5.76 Å². The minimum Gasteiger partial charge on any atom is -0.512 e. The molecule has 5 radical (unpaired) electrons. The van der Waals surface area contributed by atoms with E-state index in [1.54, 1.807) is 17.5 Å². The van der Waals surface area contributed by atoms with Crippen molar-refractivity contribution in [2.45, 2.75) is 67.7 Å². The van der Waals surface area contributed by atoms with Crippen LogP contribution in [0.2, 0.25) is 0 Å². The maximum atomic E-state index is 11.0. The van der Waals surface area contributed by atoms with Gasteiger partial charge in [0.05, 0.1) is 50.6 Å². The molecule has 0 bridgehead atoms. The third kappa shape index (κ3) is 33.2. The van der Waals surface area contributed by atoms with Gasteiger partial charge in [-0.25, -0.2) is 0 Å². The predicted octanol–water partition coefficient (Wildman–Crippen LogP) is 25.5. The van der Waals surface area contributed by atoms with E-state index in [1.807, 2.05) is 225 Å². The number of aromatic nitrogens is 6. The van der Waals surface area contributed by atoms with Crippen LogP contribution < -0.4 is 0 Å². The number of pyridine rings is 3. The van der Waals surface area contributed by atoms with E-state index in [2.05, 4.69) is 148 Å². The molecule has 128 heavy (non-hydrogen) atoms. The number of hydrogen-bond donors (Lipinski definition) is 4. The number of thiazole rings is 1. The number of aliphatic hydroxyl groups excluding tert-OH is 4. The van der Waals surface area contributed by atoms with Crippen molar-refractivity contribution in [1.29, 1.82) is 0 Å². The Morgan fingerprint density at radius 1 is 0.344 bits per heavy atom. The van der Waals surface area contributed by atoms with Gasteiger partial charge >= 0.3 is 0 Å². The molecule has 0 unspecified atom stereocenters. The maximum absolute atomic E-state index is 11.0.